The van der Waals surface area contributed by atoms with E-state index in [2.05, 4.69) is 65.8 Å². The van der Waals surface area contributed by atoms with Crippen LogP contribution in [-0.4, -0.2) is 21.7 Å². The molecule has 1 amide bonds. The lowest BCUT2D eigenvalue weighted by atomic mass is 9.78. The second-order valence-electron chi connectivity index (χ2n) is 9.64. The van der Waals surface area contributed by atoms with Crippen LogP contribution in [-0.2, 0) is 22.2 Å². The number of carbonyl (C=O) groups is 1. The van der Waals surface area contributed by atoms with E-state index in [9.17, 15) is 9.90 Å². The molecule has 1 aliphatic heterocycles. The van der Waals surface area contributed by atoms with Crippen LogP contribution in [0.4, 0.5) is 0 Å². The van der Waals surface area contributed by atoms with Crippen LogP contribution in [0.25, 0.3) is 0 Å². The number of amides is 1. The summed E-state index contributed by atoms with van der Waals surface area (Å²) < 4.78 is 0. The Morgan fingerprint density at radius 1 is 1.00 bits per heavy atom. The van der Waals surface area contributed by atoms with Crippen LogP contribution in [0.15, 0.2) is 42.5 Å². The average molecular weight is 398 g/mol. The van der Waals surface area contributed by atoms with E-state index in [1.54, 1.807) is 11.8 Å². The summed E-state index contributed by atoms with van der Waals surface area (Å²) in [6.07, 6.45) is 0. The molecule has 3 rings (SSSR count). The molecular weight excluding hydrogens is 366 g/mol. The summed E-state index contributed by atoms with van der Waals surface area (Å²) >= 11 is 1.67. The summed E-state index contributed by atoms with van der Waals surface area (Å²) in [6, 6.07) is 14.3. The highest BCUT2D eigenvalue weighted by Gasteiger charge is 2.35. The Morgan fingerprint density at radius 2 is 1.54 bits per heavy atom. The van der Waals surface area contributed by atoms with Crippen LogP contribution < -0.4 is 0 Å². The van der Waals surface area contributed by atoms with Crippen LogP contribution in [0, 0.1) is 0 Å². The maximum absolute atomic E-state index is 12.6. The maximum atomic E-state index is 12.6. The molecule has 1 unspecified atom stereocenters. The third-order valence-corrected chi connectivity index (χ3v) is 6.45. The van der Waals surface area contributed by atoms with Crippen molar-refractivity contribution in [3.63, 3.8) is 0 Å². The number of nitrogens with zero attached hydrogens (tertiary/aromatic N) is 1. The van der Waals surface area contributed by atoms with Crippen molar-refractivity contribution in [1.29, 1.82) is 0 Å². The second kappa shape index (κ2) is 7.47. The molecule has 0 saturated carbocycles. The number of rotatable bonds is 3. The fourth-order valence-electron chi connectivity index (χ4n) is 3.62. The molecule has 4 heteroatoms. The fourth-order valence-corrected chi connectivity index (χ4v) is 4.79. The van der Waals surface area contributed by atoms with Crippen molar-refractivity contribution in [2.45, 2.75) is 64.3 Å². The minimum absolute atomic E-state index is 0.0319. The summed E-state index contributed by atoms with van der Waals surface area (Å²) in [5, 5.41) is 11.0. The topological polar surface area (TPSA) is 40.5 Å². The molecule has 0 aromatic heterocycles. The van der Waals surface area contributed by atoms with Crippen LogP contribution in [0.2, 0.25) is 0 Å². The van der Waals surface area contributed by atoms with Crippen LogP contribution in [0.5, 0.6) is 5.75 Å². The highest BCUT2D eigenvalue weighted by atomic mass is 32.2. The third-order valence-electron chi connectivity index (χ3n) is 5.20. The predicted octanol–water partition coefficient (Wildman–Crippen LogP) is 5.76. The normalized spacial score (nSPS) is 18.0. The number of benzene rings is 2. The number of carbonyl (C=O) groups excluding carboxylic acids is 1. The molecule has 0 aliphatic carbocycles. The molecule has 1 saturated heterocycles. The predicted molar refractivity (Wildman–Crippen MR) is 118 cm³/mol. The number of hydrogen-bond acceptors (Lipinski definition) is 3. The summed E-state index contributed by atoms with van der Waals surface area (Å²) in [5.74, 6) is 1.04. The Labute approximate surface area is 173 Å². The summed E-state index contributed by atoms with van der Waals surface area (Å²) in [7, 11) is 0. The van der Waals surface area contributed by atoms with Gasteiger partial charge in [-0.3, -0.25) is 4.79 Å². The zero-order valence-corrected chi connectivity index (χ0v) is 18.6. The SMILES string of the molecule is CC(C)(C)c1cc(C2SCC(=O)N2Cc2ccccc2)cc(C(C)(C)C)c1O. The lowest BCUT2D eigenvalue weighted by Crippen LogP contribution is -2.28. The largest absolute Gasteiger partial charge is 0.507 e. The van der Waals surface area contributed by atoms with E-state index in [1.165, 1.54) is 0 Å². The molecule has 28 heavy (non-hydrogen) atoms. The van der Waals surface area contributed by atoms with Gasteiger partial charge in [0, 0.05) is 6.54 Å². The van der Waals surface area contributed by atoms with E-state index in [4.69, 9.17) is 0 Å². The van der Waals surface area contributed by atoms with Gasteiger partial charge < -0.3 is 10.0 Å². The second-order valence-corrected chi connectivity index (χ2v) is 10.7. The van der Waals surface area contributed by atoms with Crippen molar-refractivity contribution >= 4 is 17.7 Å². The number of hydrogen-bond donors (Lipinski definition) is 1. The lowest BCUT2D eigenvalue weighted by Gasteiger charge is -2.31. The molecule has 1 N–H and O–H groups in total. The Balaban J connectivity index is 2.07. The van der Waals surface area contributed by atoms with Crippen molar-refractivity contribution in [2.75, 3.05) is 5.75 Å². The van der Waals surface area contributed by atoms with Gasteiger partial charge in [0.25, 0.3) is 0 Å². The highest BCUT2D eigenvalue weighted by Crippen LogP contribution is 2.46. The van der Waals surface area contributed by atoms with Gasteiger partial charge in [0.2, 0.25) is 5.91 Å². The average Bonchev–Trinajstić information content (AvgIpc) is 2.95. The molecular formula is C24H31NO2S. The number of aromatic hydroxyl groups is 1. The smallest absolute Gasteiger partial charge is 0.234 e. The van der Waals surface area contributed by atoms with Crippen LogP contribution in [0.1, 0.15) is 69.2 Å². The minimum atomic E-state index is -0.183. The molecule has 1 aliphatic rings. The maximum Gasteiger partial charge on any atom is 0.234 e. The first-order valence-corrected chi connectivity index (χ1v) is 10.9. The molecule has 2 aromatic rings. The molecule has 1 fully saturated rings. The lowest BCUT2D eigenvalue weighted by molar-refractivity contribution is -0.128. The van der Waals surface area contributed by atoms with Gasteiger partial charge in [-0.2, -0.15) is 0 Å². The zero-order chi connectivity index (χ0) is 20.7. The Bertz CT molecular complexity index is 827. The fraction of sp³-hybridized carbons (Fsp3) is 0.458. The number of thioether (sulfide) groups is 1. The van der Waals surface area contributed by atoms with E-state index in [1.807, 2.05) is 23.1 Å². The van der Waals surface area contributed by atoms with E-state index in [0.717, 1.165) is 22.3 Å². The van der Waals surface area contributed by atoms with Gasteiger partial charge in [-0.15, -0.1) is 11.8 Å². The van der Waals surface area contributed by atoms with E-state index in [0.29, 0.717) is 18.0 Å². The first-order chi connectivity index (χ1) is 13.0. The van der Waals surface area contributed by atoms with Gasteiger partial charge in [0.1, 0.15) is 11.1 Å². The molecule has 3 nitrogen and oxygen atoms in total. The monoisotopic (exact) mass is 397 g/mol. The van der Waals surface area contributed by atoms with E-state index < -0.39 is 0 Å². The molecule has 0 spiro atoms. The Kier molecular flexibility index (Phi) is 5.55. The van der Waals surface area contributed by atoms with Gasteiger partial charge in [0.05, 0.1) is 5.75 Å². The molecule has 1 heterocycles. The molecule has 2 aromatic carbocycles. The van der Waals surface area contributed by atoms with Gasteiger partial charge >= 0.3 is 0 Å². The Hall–Kier alpha value is -1.94. The zero-order valence-electron chi connectivity index (χ0n) is 17.7. The summed E-state index contributed by atoms with van der Waals surface area (Å²) in [5.41, 5.74) is 3.74. The van der Waals surface area contributed by atoms with Crippen molar-refractivity contribution in [3.8, 4) is 5.75 Å². The van der Waals surface area contributed by atoms with Gasteiger partial charge in [0.15, 0.2) is 0 Å². The van der Waals surface area contributed by atoms with Crippen LogP contribution in [0.3, 0.4) is 0 Å². The van der Waals surface area contributed by atoms with Crippen molar-refractivity contribution in [2.24, 2.45) is 0 Å². The minimum Gasteiger partial charge on any atom is -0.507 e. The molecule has 0 bridgehead atoms. The Morgan fingerprint density at radius 3 is 2.04 bits per heavy atom. The highest BCUT2D eigenvalue weighted by molar-refractivity contribution is 8.00. The van der Waals surface area contributed by atoms with Gasteiger partial charge in [-0.25, -0.2) is 0 Å². The van der Waals surface area contributed by atoms with Gasteiger partial charge in [-0.1, -0.05) is 71.9 Å². The molecule has 150 valence electrons. The molecule has 1 atom stereocenters. The number of phenolic OH excluding ortho intramolecular Hbond substituents is 1. The number of phenols is 1. The standard InChI is InChI=1S/C24H31NO2S/c1-23(2,3)18-12-17(13-19(21(18)27)24(4,5)6)22-25(20(26)15-28-22)14-16-10-8-7-9-11-16/h7-13,22,27H,14-15H2,1-6H3. The quantitative estimate of drug-likeness (QED) is 0.716. The summed E-state index contributed by atoms with van der Waals surface area (Å²) in [6.45, 7) is 13.3. The third kappa shape index (κ3) is 4.22. The van der Waals surface area contributed by atoms with E-state index in [-0.39, 0.29) is 22.1 Å². The van der Waals surface area contributed by atoms with Crippen molar-refractivity contribution < 1.29 is 9.90 Å². The molecule has 0 radical (unpaired) electrons. The van der Waals surface area contributed by atoms with Crippen molar-refractivity contribution in [1.82, 2.24) is 4.90 Å². The van der Waals surface area contributed by atoms with E-state index >= 15 is 0 Å². The summed E-state index contributed by atoms with van der Waals surface area (Å²) in [4.78, 5) is 14.6. The van der Waals surface area contributed by atoms with Gasteiger partial charge in [-0.05, 0) is 45.2 Å². The van der Waals surface area contributed by atoms with Crippen molar-refractivity contribution in [3.05, 3.63) is 64.7 Å². The first kappa shape index (κ1) is 20.8. The van der Waals surface area contributed by atoms with Crippen LogP contribution >= 0.6 is 11.8 Å². The first-order valence-electron chi connectivity index (χ1n) is 9.81.